The summed E-state index contributed by atoms with van der Waals surface area (Å²) in [4.78, 5) is 24.9. The molecule has 3 aromatic rings. The third-order valence-corrected chi connectivity index (χ3v) is 5.58. The molecule has 36 heavy (non-hydrogen) atoms. The first kappa shape index (κ1) is 23.7. The first-order valence-corrected chi connectivity index (χ1v) is 11.0. The fraction of sp³-hybridized carbons (Fsp3) is 0.231. The number of carbonyl (C=O) groups excluding carboxylic acids is 2. The van der Waals surface area contributed by atoms with Crippen LogP contribution in [0.15, 0.2) is 48.5 Å². The minimum atomic E-state index is -0.661. The summed E-state index contributed by atoms with van der Waals surface area (Å²) in [6, 6.07) is 10.7. The molecular weight excluding hydrogens is 478 g/mol. The van der Waals surface area contributed by atoms with Crippen molar-refractivity contribution in [1.29, 1.82) is 0 Å². The summed E-state index contributed by atoms with van der Waals surface area (Å²) in [7, 11) is 0. The highest BCUT2D eigenvalue weighted by molar-refractivity contribution is 5.93. The molecule has 10 heteroatoms. The zero-order valence-electron chi connectivity index (χ0n) is 18.9. The first-order valence-electron chi connectivity index (χ1n) is 11.0. The standard InChI is InChI=1S/C26H20F2O8/c27-21-5-17-9-31-13-35-23(17)19(7-21)11-33-25(29)15-1-2-16(4-3-15)26(30)34-12-20-8-22(28)6-18-10-32-14-36-24(18)20/h1-8H,9-14H2. The molecule has 0 amide bonds. The molecule has 0 aliphatic carbocycles. The molecule has 2 heterocycles. The number of fused-ring (bicyclic) bond motifs is 2. The second-order valence-electron chi connectivity index (χ2n) is 8.06. The van der Waals surface area contributed by atoms with Crippen LogP contribution in [0.4, 0.5) is 8.78 Å². The van der Waals surface area contributed by atoms with Crippen molar-refractivity contribution in [3.05, 3.63) is 93.5 Å². The number of esters is 2. The Kier molecular flexibility index (Phi) is 6.79. The SMILES string of the molecule is O=C(OCc1cc(F)cc2c1OCOC2)c1ccc(C(=O)OCc2cc(F)cc3c2OCOC3)cc1. The van der Waals surface area contributed by atoms with E-state index in [9.17, 15) is 18.4 Å². The van der Waals surface area contributed by atoms with Crippen LogP contribution >= 0.6 is 0 Å². The van der Waals surface area contributed by atoms with E-state index in [2.05, 4.69) is 0 Å². The predicted molar refractivity (Wildman–Crippen MR) is 118 cm³/mol. The number of rotatable bonds is 6. The lowest BCUT2D eigenvalue weighted by Crippen LogP contribution is -2.15. The molecule has 0 unspecified atom stereocenters. The molecule has 186 valence electrons. The van der Waals surface area contributed by atoms with Crippen molar-refractivity contribution >= 4 is 11.9 Å². The molecule has 0 aromatic heterocycles. The van der Waals surface area contributed by atoms with Crippen molar-refractivity contribution in [2.75, 3.05) is 13.6 Å². The van der Waals surface area contributed by atoms with Gasteiger partial charge in [-0.3, -0.25) is 0 Å². The second-order valence-corrected chi connectivity index (χ2v) is 8.06. The van der Waals surface area contributed by atoms with E-state index in [-0.39, 0.29) is 51.1 Å². The van der Waals surface area contributed by atoms with Crippen LogP contribution in [0.25, 0.3) is 0 Å². The summed E-state index contributed by atoms with van der Waals surface area (Å²) in [6.07, 6.45) is 0. The van der Waals surface area contributed by atoms with Gasteiger partial charge < -0.3 is 28.4 Å². The minimum Gasteiger partial charge on any atom is -0.467 e. The molecule has 5 rings (SSSR count). The van der Waals surface area contributed by atoms with Crippen molar-refractivity contribution in [3.63, 3.8) is 0 Å². The zero-order chi connectivity index (χ0) is 25.1. The van der Waals surface area contributed by atoms with E-state index in [1.807, 2.05) is 0 Å². The number of benzene rings is 3. The van der Waals surface area contributed by atoms with Gasteiger partial charge in [0.05, 0.1) is 24.3 Å². The monoisotopic (exact) mass is 498 g/mol. The van der Waals surface area contributed by atoms with Crippen molar-refractivity contribution < 1.29 is 46.8 Å². The van der Waals surface area contributed by atoms with E-state index < -0.39 is 23.6 Å². The summed E-state index contributed by atoms with van der Waals surface area (Å²) in [5, 5.41) is 0. The topological polar surface area (TPSA) is 89.5 Å². The fourth-order valence-electron chi connectivity index (χ4n) is 3.92. The Balaban J connectivity index is 1.20. The summed E-state index contributed by atoms with van der Waals surface area (Å²) in [6.45, 7) is 0.0611. The van der Waals surface area contributed by atoms with Crippen LogP contribution in [0, 0.1) is 11.6 Å². The Morgan fingerprint density at radius 1 is 0.694 bits per heavy atom. The molecule has 0 saturated carbocycles. The number of hydrogen-bond acceptors (Lipinski definition) is 8. The van der Waals surface area contributed by atoms with Crippen LogP contribution in [0.1, 0.15) is 43.0 Å². The number of hydrogen-bond donors (Lipinski definition) is 0. The summed E-state index contributed by atoms with van der Waals surface area (Å²) < 4.78 is 59.5. The van der Waals surface area contributed by atoms with Gasteiger partial charge in [0, 0.05) is 22.3 Å². The van der Waals surface area contributed by atoms with Gasteiger partial charge in [-0.1, -0.05) is 0 Å². The lowest BCUT2D eigenvalue weighted by atomic mass is 10.1. The smallest absolute Gasteiger partial charge is 0.338 e. The molecule has 0 saturated heterocycles. The van der Waals surface area contributed by atoms with Crippen LogP contribution in [-0.4, -0.2) is 25.5 Å². The van der Waals surface area contributed by atoms with E-state index in [4.69, 9.17) is 28.4 Å². The van der Waals surface area contributed by atoms with Crippen molar-refractivity contribution in [2.45, 2.75) is 26.4 Å². The second kappa shape index (κ2) is 10.3. The highest BCUT2D eigenvalue weighted by Gasteiger charge is 2.20. The lowest BCUT2D eigenvalue weighted by Gasteiger charge is -2.20. The van der Waals surface area contributed by atoms with Crippen molar-refractivity contribution in [3.8, 4) is 11.5 Å². The van der Waals surface area contributed by atoms with Gasteiger partial charge in [-0.2, -0.15) is 0 Å². The van der Waals surface area contributed by atoms with E-state index >= 15 is 0 Å². The van der Waals surface area contributed by atoms with E-state index in [0.29, 0.717) is 33.8 Å². The molecule has 2 aliphatic heterocycles. The van der Waals surface area contributed by atoms with Crippen molar-refractivity contribution in [1.82, 2.24) is 0 Å². The normalized spacial score (nSPS) is 14.1. The molecule has 8 nitrogen and oxygen atoms in total. The van der Waals surface area contributed by atoms with Gasteiger partial charge in [0.2, 0.25) is 0 Å². The Bertz CT molecular complexity index is 1210. The molecule has 0 bridgehead atoms. The lowest BCUT2D eigenvalue weighted by molar-refractivity contribution is -0.0185. The highest BCUT2D eigenvalue weighted by atomic mass is 19.1. The number of carbonyl (C=O) groups is 2. The average Bonchev–Trinajstić information content (AvgIpc) is 2.89. The van der Waals surface area contributed by atoms with Crippen LogP contribution in [-0.2, 0) is 45.4 Å². The van der Waals surface area contributed by atoms with Crippen LogP contribution in [0.5, 0.6) is 11.5 Å². The fourth-order valence-corrected chi connectivity index (χ4v) is 3.92. The maximum atomic E-state index is 13.9. The first-order chi connectivity index (χ1) is 17.5. The molecule has 2 aliphatic rings. The van der Waals surface area contributed by atoms with E-state index in [1.54, 1.807) is 0 Å². The van der Waals surface area contributed by atoms with Gasteiger partial charge in [-0.25, -0.2) is 18.4 Å². The van der Waals surface area contributed by atoms with E-state index in [1.165, 1.54) is 48.5 Å². The summed E-state index contributed by atoms with van der Waals surface area (Å²) >= 11 is 0. The maximum Gasteiger partial charge on any atom is 0.338 e. The number of ether oxygens (including phenoxy) is 6. The third kappa shape index (κ3) is 5.14. The van der Waals surface area contributed by atoms with Crippen LogP contribution < -0.4 is 9.47 Å². The van der Waals surface area contributed by atoms with Gasteiger partial charge in [0.15, 0.2) is 13.6 Å². The summed E-state index contributed by atoms with van der Waals surface area (Å²) in [5.74, 6) is -1.43. The Hall–Kier alpha value is -4.02. The van der Waals surface area contributed by atoms with Gasteiger partial charge in [-0.05, 0) is 48.5 Å². The third-order valence-electron chi connectivity index (χ3n) is 5.58. The van der Waals surface area contributed by atoms with E-state index in [0.717, 1.165) is 0 Å². The predicted octanol–water partition coefficient (Wildman–Crippen LogP) is 4.41. The number of halogens is 2. The van der Waals surface area contributed by atoms with Gasteiger partial charge in [-0.15, -0.1) is 0 Å². The molecule has 3 aromatic carbocycles. The summed E-state index contributed by atoms with van der Waals surface area (Å²) in [5.41, 5.74) is 2.22. The molecule has 0 N–H and O–H groups in total. The van der Waals surface area contributed by atoms with Crippen molar-refractivity contribution in [2.24, 2.45) is 0 Å². The Morgan fingerprint density at radius 2 is 1.11 bits per heavy atom. The average molecular weight is 498 g/mol. The quantitative estimate of drug-likeness (QED) is 0.462. The van der Waals surface area contributed by atoms with Crippen LogP contribution in [0.3, 0.4) is 0 Å². The molecular formula is C26H20F2O8. The Morgan fingerprint density at radius 3 is 1.53 bits per heavy atom. The maximum absolute atomic E-state index is 13.9. The molecule has 0 fully saturated rings. The molecule has 0 spiro atoms. The Labute approximate surface area is 204 Å². The zero-order valence-corrected chi connectivity index (χ0v) is 18.9. The largest absolute Gasteiger partial charge is 0.467 e. The van der Waals surface area contributed by atoms with Gasteiger partial charge >= 0.3 is 11.9 Å². The minimum absolute atomic E-state index is 0.0280. The highest BCUT2D eigenvalue weighted by Crippen LogP contribution is 2.31. The van der Waals surface area contributed by atoms with Gasteiger partial charge in [0.25, 0.3) is 0 Å². The molecule has 0 radical (unpaired) electrons. The molecule has 0 atom stereocenters. The van der Waals surface area contributed by atoms with Gasteiger partial charge in [0.1, 0.15) is 36.3 Å². The van der Waals surface area contributed by atoms with Crippen LogP contribution in [0.2, 0.25) is 0 Å².